The van der Waals surface area contributed by atoms with Crippen molar-refractivity contribution in [1.82, 2.24) is 9.78 Å². The lowest BCUT2D eigenvalue weighted by Gasteiger charge is -2.27. The zero-order valence-corrected chi connectivity index (χ0v) is 13.5. The van der Waals surface area contributed by atoms with Crippen LogP contribution in [0.5, 0.6) is 0 Å². The van der Waals surface area contributed by atoms with Gasteiger partial charge >= 0.3 is 0 Å². The Hall–Kier alpha value is -2.14. The van der Waals surface area contributed by atoms with Crippen LogP contribution in [0.15, 0.2) is 59.6 Å². The van der Waals surface area contributed by atoms with Crippen LogP contribution in [0.4, 0.5) is 0 Å². The van der Waals surface area contributed by atoms with E-state index in [-0.39, 0.29) is 5.75 Å². The normalized spacial score (nSPS) is 15.7. The van der Waals surface area contributed by atoms with Crippen molar-refractivity contribution in [3.05, 3.63) is 60.4 Å². The topological polar surface area (TPSA) is 52.0 Å². The molecule has 23 heavy (non-hydrogen) atoms. The Balaban J connectivity index is 1.68. The Bertz CT molecular complexity index is 956. The van der Waals surface area contributed by atoms with Gasteiger partial charge in [-0.2, -0.15) is 5.10 Å². The third-order valence-corrected chi connectivity index (χ3v) is 6.24. The Morgan fingerprint density at radius 1 is 1.04 bits per heavy atom. The maximum atomic E-state index is 12.8. The number of nitrogens with zero attached hydrogens (tertiary/aromatic N) is 2. The van der Waals surface area contributed by atoms with Gasteiger partial charge in [0.05, 0.1) is 22.4 Å². The van der Waals surface area contributed by atoms with E-state index in [4.69, 9.17) is 0 Å². The number of hydrogen-bond donors (Lipinski definition) is 0. The molecule has 4 nitrogen and oxygen atoms in total. The van der Waals surface area contributed by atoms with Crippen LogP contribution in [0.25, 0.3) is 10.8 Å². The number of benzene rings is 2. The first-order valence-electron chi connectivity index (χ1n) is 7.87. The second-order valence-electron chi connectivity index (χ2n) is 6.12. The molecule has 0 N–H and O–H groups in total. The first-order chi connectivity index (χ1) is 11.1. The minimum atomic E-state index is -3.38. The van der Waals surface area contributed by atoms with Crippen LogP contribution >= 0.6 is 0 Å². The highest BCUT2D eigenvalue weighted by Gasteiger charge is 2.25. The molecular formula is C18H18N2O2S. The largest absolute Gasteiger partial charge is 0.265 e. The molecule has 118 valence electrons. The van der Waals surface area contributed by atoms with Gasteiger partial charge in [-0.3, -0.25) is 4.68 Å². The van der Waals surface area contributed by atoms with E-state index in [1.807, 2.05) is 41.1 Å². The highest BCUT2D eigenvalue weighted by Crippen LogP contribution is 2.32. The SMILES string of the molecule is O=S(=O)(Cc1ccnn1C1CCC1)c1ccc2ccccc2c1. The molecule has 1 fully saturated rings. The average Bonchev–Trinajstić information content (AvgIpc) is 2.92. The first-order valence-corrected chi connectivity index (χ1v) is 9.53. The average molecular weight is 326 g/mol. The van der Waals surface area contributed by atoms with Crippen LogP contribution in [0.3, 0.4) is 0 Å². The number of rotatable bonds is 4. The molecule has 0 spiro atoms. The third kappa shape index (κ3) is 2.65. The lowest BCUT2D eigenvalue weighted by Crippen LogP contribution is -2.21. The van der Waals surface area contributed by atoms with Gasteiger partial charge in [-0.15, -0.1) is 0 Å². The van der Waals surface area contributed by atoms with E-state index < -0.39 is 9.84 Å². The smallest absolute Gasteiger partial charge is 0.184 e. The van der Waals surface area contributed by atoms with Crippen molar-refractivity contribution in [2.75, 3.05) is 0 Å². The van der Waals surface area contributed by atoms with Crippen LogP contribution in [-0.2, 0) is 15.6 Å². The molecule has 1 aliphatic rings. The highest BCUT2D eigenvalue weighted by atomic mass is 32.2. The zero-order valence-electron chi connectivity index (χ0n) is 12.7. The second-order valence-corrected chi connectivity index (χ2v) is 8.11. The van der Waals surface area contributed by atoms with Crippen LogP contribution in [0, 0.1) is 0 Å². The number of aromatic nitrogens is 2. The molecule has 4 rings (SSSR count). The molecule has 0 unspecified atom stereocenters. The molecule has 0 amide bonds. The van der Waals surface area contributed by atoms with Crippen molar-refractivity contribution in [2.24, 2.45) is 0 Å². The van der Waals surface area contributed by atoms with Gasteiger partial charge in [0.1, 0.15) is 0 Å². The molecule has 1 aliphatic carbocycles. The molecule has 3 aromatic rings. The second kappa shape index (κ2) is 5.49. The Kier molecular flexibility index (Phi) is 3.45. The van der Waals surface area contributed by atoms with Crippen molar-refractivity contribution >= 4 is 20.6 Å². The monoisotopic (exact) mass is 326 g/mol. The fraction of sp³-hybridized carbons (Fsp3) is 0.278. The summed E-state index contributed by atoms with van der Waals surface area (Å²) in [5, 5.41) is 6.31. The fourth-order valence-electron chi connectivity index (χ4n) is 3.05. The number of fused-ring (bicyclic) bond motifs is 1. The van der Waals surface area contributed by atoms with Crippen LogP contribution in [-0.4, -0.2) is 18.2 Å². The van der Waals surface area contributed by atoms with E-state index in [0.717, 1.165) is 29.3 Å². The van der Waals surface area contributed by atoms with E-state index in [1.54, 1.807) is 18.3 Å². The summed E-state index contributed by atoms with van der Waals surface area (Å²) in [5.74, 6) is 0.00183. The minimum absolute atomic E-state index is 0.00183. The number of hydrogen-bond acceptors (Lipinski definition) is 3. The van der Waals surface area contributed by atoms with E-state index in [1.165, 1.54) is 6.42 Å². The summed E-state index contributed by atoms with van der Waals surface area (Å²) in [7, 11) is -3.38. The van der Waals surface area contributed by atoms with E-state index >= 15 is 0 Å². The fourth-order valence-corrected chi connectivity index (χ4v) is 4.42. The van der Waals surface area contributed by atoms with E-state index in [9.17, 15) is 8.42 Å². The van der Waals surface area contributed by atoms with Gasteiger partial charge in [0.25, 0.3) is 0 Å². The van der Waals surface area contributed by atoms with Crippen molar-refractivity contribution in [1.29, 1.82) is 0 Å². The third-order valence-electron chi connectivity index (χ3n) is 4.59. The lowest BCUT2D eigenvalue weighted by molar-refractivity contribution is 0.284. The molecule has 1 saturated carbocycles. The highest BCUT2D eigenvalue weighted by molar-refractivity contribution is 7.90. The summed E-state index contributed by atoms with van der Waals surface area (Å²) in [6.45, 7) is 0. The summed E-state index contributed by atoms with van der Waals surface area (Å²) < 4.78 is 27.5. The van der Waals surface area contributed by atoms with E-state index in [0.29, 0.717) is 10.9 Å². The van der Waals surface area contributed by atoms with Crippen LogP contribution in [0.1, 0.15) is 31.0 Å². The summed E-state index contributed by atoms with van der Waals surface area (Å²) in [6, 6.07) is 15.3. The van der Waals surface area contributed by atoms with Crippen molar-refractivity contribution in [3.63, 3.8) is 0 Å². The summed E-state index contributed by atoms with van der Waals surface area (Å²) >= 11 is 0. The van der Waals surface area contributed by atoms with Gasteiger partial charge in [-0.05, 0) is 48.2 Å². The van der Waals surface area contributed by atoms with Gasteiger partial charge in [-0.1, -0.05) is 30.3 Å². The molecule has 0 aliphatic heterocycles. The zero-order chi connectivity index (χ0) is 15.9. The van der Waals surface area contributed by atoms with Crippen LogP contribution in [0.2, 0.25) is 0 Å². The van der Waals surface area contributed by atoms with Crippen LogP contribution < -0.4 is 0 Å². The molecule has 0 radical (unpaired) electrons. The van der Waals surface area contributed by atoms with Gasteiger partial charge in [0, 0.05) is 6.20 Å². The lowest BCUT2D eigenvalue weighted by atomic mass is 9.93. The molecule has 1 heterocycles. The van der Waals surface area contributed by atoms with Gasteiger partial charge < -0.3 is 0 Å². The summed E-state index contributed by atoms with van der Waals surface area (Å²) in [4.78, 5) is 0.373. The van der Waals surface area contributed by atoms with Gasteiger partial charge in [0.15, 0.2) is 9.84 Å². The number of sulfone groups is 1. The summed E-state index contributed by atoms with van der Waals surface area (Å²) in [5.41, 5.74) is 0.780. The quantitative estimate of drug-likeness (QED) is 0.734. The molecule has 0 saturated heterocycles. The molecular weight excluding hydrogens is 308 g/mol. The Morgan fingerprint density at radius 3 is 2.57 bits per heavy atom. The van der Waals surface area contributed by atoms with Crippen molar-refractivity contribution in [2.45, 2.75) is 36.0 Å². The van der Waals surface area contributed by atoms with Crippen molar-refractivity contribution in [3.8, 4) is 0 Å². The van der Waals surface area contributed by atoms with Gasteiger partial charge in [0.2, 0.25) is 0 Å². The minimum Gasteiger partial charge on any atom is -0.265 e. The standard InChI is InChI=1S/C18H18N2O2S/c21-23(22,13-17-10-11-19-20(17)16-6-3-7-16)18-9-8-14-4-1-2-5-15(14)12-18/h1-2,4-5,8-12,16H,3,6-7,13H2. The first kappa shape index (κ1) is 14.5. The molecule has 5 heteroatoms. The molecule has 1 aromatic heterocycles. The maximum absolute atomic E-state index is 12.8. The maximum Gasteiger partial charge on any atom is 0.184 e. The van der Waals surface area contributed by atoms with Crippen molar-refractivity contribution < 1.29 is 8.42 Å². The Labute approximate surface area is 135 Å². The molecule has 0 bridgehead atoms. The summed E-state index contributed by atoms with van der Waals surface area (Å²) in [6.07, 6.45) is 5.07. The molecule has 0 atom stereocenters. The van der Waals surface area contributed by atoms with E-state index in [2.05, 4.69) is 5.10 Å². The Morgan fingerprint density at radius 2 is 1.83 bits per heavy atom. The van der Waals surface area contributed by atoms with Gasteiger partial charge in [-0.25, -0.2) is 8.42 Å². The molecule has 2 aromatic carbocycles. The predicted molar refractivity (Wildman–Crippen MR) is 90.0 cm³/mol. The predicted octanol–water partition coefficient (Wildman–Crippen LogP) is 3.74.